The Labute approximate surface area is 79.6 Å². The molecule has 0 spiro atoms. The molecule has 1 saturated heterocycles. The van der Waals surface area contributed by atoms with Gasteiger partial charge < -0.3 is 15.4 Å². The second-order valence-corrected chi connectivity index (χ2v) is 3.76. The number of amidine groups is 1. The lowest BCUT2D eigenvalue weighted by Gasteiger charge is -2.20. The Balaban J connectivity index is 2.26. The maximum Gasteiger partial charge on any atom is 0.0918 e. The molecule has 0 saturated carbocycles. The second kappa shape index (κ2) is 5.19. The highest BCUT2D eigenvalue weighted by molar-refractivity contribution is 5.76. The third-order valence-electron chi connectivity index (χ3n) is 2.22. The van der Waals surface area contributed by atoms with E-state index in [1.54, 1.807) is 0 Å². The third-order valence-corrected chi connectivity index (χ3v) is 2.22. The van der Waals surface area contributed by atoms with Crippen LogP contribution >= 0.6 is 0 Å². The van der Waals surface area contributed by atoms with Crippen LogP contribution in [0.5, 0.6) is 0 Å². The van der Waals surface area contributed by atoms with Crippen molar-refractivity contribution in [2.24, 2.45) is 11.7 Å². The molecule has 76 valence electrons. The molecule has 1 aliphatic rings. The van der Waals surface area contributed by atoms with E-state index in [1.807, 2.05) is 0 Å². The number of hydrogen-bond acceptors (Lipinski definition) is 3. The summed E-state index contributed by atoms with van der Waals surface area (Å²) in [6, 6.07) is 0. The van der Waals surface area contributed by atoms with Gasteiger partial charge in [0.25, 0.3) is 0 Å². The van der Waals surface area contributed by atoms with Crippen molar-refractivity contribution in [1.29, 1.82) is 5.41 Å². The number of nitrogens with one attached hydrogen (secondary N) is 1. The topological polar surface area (TPSA) is 62.3 Å². The summed E-state index contributed by atoms with van der Waals surface area (Å²) in [4.78, 5) is 2.32. The fourth-order valence-electron chi connectivity index (χ4n) is 1.54. The zero-order valence-electron chi connectivity index (χ0n) is 8.25. The van der Waals surface area contributed by atoms with Gasteiger partial charge in [-0.1, -0.05) is 6.92 Å². The van der Waals surface area contributed by atoms with Crippen LogP contribution in [0.25, 0.3) is 0 Å². The summed E-state index contributed by atoms with van der Waals surface area (Å²) in [6.07, 6.45) is 0.673. The maximum atomic E-state index is 7.14. The Morgan fingerprint density at radius 2 is 2.46 bits per heavy atom. The van der Waals surface area contributed by atoms with E-state index in [2.05, 4.69) is 11.8 Å². The van der Waals surface area contributed by atoms with Gasteiger partial charge in [-0.2, -0.15) is 0 Å². The molecule has 0 radical (unpaired) electrons. The molecule has 4 heteroatoms. The zero-order valence-corrected chi connectivity index (χ0v) is 8.25. The van der Waals surface area contributed by atoms with Crippen molar-refractivity contribution in [3.8, 4) is 0 Å². The van der Waals surface area contributed by atoms with Crippen LogP contribution in [0.4, 0.5) is 0 Å². The van der Waals surface area contributed by atoms with E-state index < -0.39 is 0 Å². The average Bonchev–Trinajstić information content (AvgIpc) is 2.26. The molecule has 0 amide bonds. The molecule has 1 fully saturated rings. The minimum Gasteiger partial charge on any atom is -0.388 e. The highest BCUT2D eigenvalue weighted by Gasteiger charge is 2.14. The predicted molar refractivity (Wildman–Crippen MR) is 53.0 cm³/mol. The highest BCUT2D eigenvalue weighted by atomic mass is 16.5. The molecule has 0 aromatic carbocycles. The van der Waals surface area contributed by atoms with E-state index in [0.29, 0.717) is 12.3 Å². The smallest absolute Gasteiger partial charge is 0.0918 e. The molecule has 0 aromatic rings. The lowest BCUT2D eigenvalue weighted by atomic mass is 10.2. The predicted octanol–water partition coefficient (Wildman–Crippen LogP) is 0.281. The minimum absolute atomic E-state index is 0.276. The highest BCUT2D eigenvalue weighted by Crippen LogP contribution is 2.05. The van der Waals surface area contributed by atoms with Crippen LogP contribution in [0.15, 0.2) is 0 Å². The first-order chi connectivity index (χ1) is 6.18. The molecule has 1 aliphatic heterocycles. The zero-order chi connectivity index (χ0) is 9.68. The number of nitrogens with zero attached hydrogens (tertiary/aromatic N) is 1. The Morgan fingerprint density at radius 3 is 3.15 bits per heavy atom. The lowest BCUT2D eigenvalue weighted by molar-refractivity contribution is 0.126. The molecular formula is C9H19N3O. The van der Waals surface area contributed by atoms with E-state index in [1.165, 1.54) is 0 Å². The van der Waals surface area contributed by atoms with Gasteiger partial charge >= 0.3 is 0 Å². The normalized spacial score (nSPS) is 25.5. The van der Waals surface area contributed by atoms with E-state index >= 15 is 0 Å². The van der Waals surface area contributed by atoms with Gasteiger partial charge in [-0.15, -0.1) is 0 Å². The van der Waals surface area contributed by atoms with E-state index in [4.69, 9.17) is 15.9 Å². The van der Waals surface area contributed by atoms with Gasteiger partial charge in [0, 0.05) is 26.1 Å². The summed E-state index contributed by atoms with van der Waals surface area (Å²) >= 11 is 0. The molecule has 4 nitrogen and oxygen atoms in total. The fraction of sp³-hybridized carbons (Fsp3) is 0.889. The molecule has 3 N–H and O–H groups in total. The van der Waals surface area contributed by atoms with E-state index in [9.17, 15) is 0 Å². The van der Waals surface area contributed by atoms with Crippen LogP contribution in [-0.4, -0.2) is 43.6 Å². The van der Waals surface area contributed by atoms with Crippen LogP contribution in [0.3, 0.4) is 0 Å². The number of hydrogen-bond donors (Lipinski definition) is 2. The summed E-state index contributed by atoms with van der Waals surface area (Å²) in [5.41, 5.74) is 5.31. The molecule has 1 rings (SSSR count). The van der Waals surface area contributed by atoms with Gasteiger partial charge in [-0.3, -0.25) is 5.41 Å². The quantitative estimate of drug-likeness (QED) is 0.490. The third kappa shape index (κ3) is 4.24. The molecule has 0 aromatic heterocycles. The summed E-state index contributed by atoms with van der Waals surface area (Å²) in [5.74, 6) is 0.868. The summed E-state index contributed by atoms with van der Waals surface area (Å²) in [7, 11) is 0. The van der Waals surface area contributed by atoms with Crippen LogP contribution in [0.2, 0.25) is 0 Å². The molecule has 1 heterocycles. The van der Waals surface area contributed by atoms with Crippen molar-refractivity contribution < 1.29 is 4.74 Å². The summed E-state index contributed by atoms with van der Waals surface area (Å²) in [5, 5.41) is 7.14. The molecule has 1 atom stereocenters. The second-order valence-electron chi connectivity index (χ2n) is 3.76. The average molecular weight is 185 g/mol. The van der Waals surface area contributed by atoms with Crippen molar-refractivity contribution in [3.63, 3.8) is 0 Å². The Morgan fingerprint density at radius 1 is 1.69 bits per heavy atom. The van der Waals surface area contributed by atoms with Gasteiger partial charge in [-0.05, 0) is 5.92 Å². The molecule has 0 aliphatic carbocycles. The Kier molecular flexibility index (Phi) is 4.18. The molecule has 0 bridgehead atoms. The van der Waals surface area contributed by atoms with Crippen LogP contribution in [0.1, 0.15) is 13.3 Å². The number of nitrogens with two attached hydrogens (primary N) is 1. The molecular weight excluding hydrogens is 166 g/mol. The van der Waals surface area contributed by atoms with Crippen molar-refractivity contribution >= 4 is 5.84 Å². The van der Waals surface area contributed by atoms with E-state index in [0.717, 1.165) is 32.8 Å². The first kappa shape index (κ1) is 10.5. The Bertz CT molecular complexity index is 172. The first-order valence-electron chi connectivity index (χ1n) is 4.81. The Hall–Kier alpha value is -0.610. The van der Waals surface area contributed by atoms with Gasteiger partial charge in [0.2, 0.25) is 0 Å². The minimum atomic E-state index is 0.276. The van der Waals surface area contributed by atoms with Crippen molar-refractivity contribution in [3.05, 3.63) is 0 Å². The van der Waals surface area contributed by atoms with Crippen molar-refractivity contribution in [1.82, 2.24) is 4.90 Å². The SMILES string of the molecule is CC1COCCN(CCC(=N)N)C1. The lowest BCUT2D eigenvalue weighted by Crippen LogP contribution is -2.32. The fourth-order valence-corrected chi connectivity index (χ4v) is 1.54. The van der Waals surface area contributed by atoms with Gasteiger partial charge in [0.05, 0.1) is 19.0 Å². The van der Waals surface area contributed by atoms with Gasteiger partial charge in [0.15, 0.2) is 0 Å². The van der Waals surface area contributed by atoms with Gasteiger partial charge in [-0.25, -0.2) is 0 Å². The largest absolute Gasteiger partial charge is 0.388 e. The van der Waals surface area contributed by atoms with Crippen molar-refractivity contribution in [2.75, 3.05) is 32.8 Å². The number of ether oxygens (including phenoxy) is 1. The molecule has 1 unspecified atom stereocenters. The summed E-state index contributed by atoms with van der Waals surface area (Å²) in [6.45, 7) is 6.78. The van der Waals surface area contributed by atoms with E-state index in [-0.39, 0.29) is 5.84 Å². The monoisotopic (exact) mass is 185 g/mol. The first-order valence-corrected chi connectivity index (χ1v) is 4.81. The van der Waals surface area contributed by atoms with Crippen LogP contribution in [-0.2, 0) is 4.74 Å². The standard InChI is InChI=1S/C9H19N3O/c1-8-6-12(3-2-9(10)11)4-5-13-7-8/h8H,2-7H2,1H3,(H3,10,11). The van der Waals surface area contributed by atoms with Crippen molar-refractivity contribution in [2.45, 2.75) is 13.3 Å². The number of rotatable bonds is 3. The van der Waals surface area contributed by atoms with Gasteiger partial charge in [0.1, 0.15) is 0 Å². The van der Waals surface area contributed by atoms with Crippen LogP contribution < -0.4 is 5.73 Å². The summed E-state index contributed by atoms with van der Waals surface area (Å²) < 4.78 is 5.42. The molecule has 13 heavy (non-hydrogen) atoms. The van der Waals surface area contributed by atoms with Crippen LogP contribution in [0, 0.1) is 11.3 Å². The maximum absolute atomic E-state index is 7.14.